The number of carbonyl (C=O) groups excluding carboxylic acids is 1. The van der Waals surface area contributed by atoms with Gasteiger partial charge in [0.25, 0.3) is 0 Å². The van der Waals surface area contributed by atoms with Crippen LogP contribution < -0.4 is 10.1 Å². The SMILES string of the molecule is CN(CCCOc1ccccc1)C(=O)NCc1cccs1. The third-order valence-electron chi connectivity index (χ3n) is 2.99. The van der Waals surface area contributed by atoms with Crippen molar-refractivity contribution < 1.29 is 9.53 Å². The lowest BCUT2D eigenvalue weighted by atomic mass is 10.3. The smallest absolute Gasteiger partial charge is 0.317 e. The minimum absolute atomic E-state index is 0.0527. The van der Waals surface area contributed by atoms with E-state index in [1.54, 1.807) is 23.3 Å². The second kappa shape index (κ2) is 8.32. The van der Waals surface area contributed by atoms with Crippen LogP contribution in [0.2, 0.25) is 0 Å². The van der Waals surface area contributed by atoms with Gasteiger partial charge in [0.2, 0.25) is 0 Å². The van der Waals surface area contributed by atoms with Crippen molar-refractivity contribution in [3.63, 3.8) is 0 Å². The molecule has 0 bridgehead atoms. The average molecular weight is 304 g/mol. The van der Waals surface area contributed by atoms with Crippen LogP contribution in [-0.4, -0.2) is 31.1 Å². The summed E-state index contributed by atoms with van der Waals surface area (Å²) in [5.41, 5.74) is 0. The van der Waals surface area contributed by atoms with E-state index >= 15 is 0 Å². The third-order valence-corrected chi connectivity index (χ3v) is 3.87. The molecule has 0 aliphatic heterocycles. The van der Waals surface area contributed by atoms with Crippen molar-refractivity contribution in [3.8, 4) is 5.75 Å². The first-order valence-electron chi connectivity index (χ1n) is 6.95. The highest BCUT2D eigenvalue weighted by Crippen LogP contribution is 2.09. The maximum atomic E-state index is 11.9. The molecule has 112 valence electrons. The lowest BCUT2D eigenvalue weighted by Gasteiger charge is -2.17. The molecule has 0 saturated carbocycles. The number of nitrogens with one attached hydrogen (secondary N) is 1. The second-order valence-corrected chi connectivity index (χ2v) is 5.71. The number of thiophene rings is 1. The van der Waals surface area contributed by atoms with Crippen LogP contribution in [0.3, 0.4) is 0 Å². The van der Waals surface area contributed by atoms with E-state index in [-0.39, 0.29) is 6.03 Å². The van der Waals surface area contributed by atoms with E-state index in [9.17, 15) is 4.79 Å². The molecular formula is C16H20N2O2S. The Balaban J connectivity index is 1.60. The van der Waals surface area contributed by atoms with Gasteiger partial charge in [-0.05, 0) is 30.0 Å². The molecule has 0 aliphatic carbocycles. The molecule has 5 heteroatoms. The topological polar surface area (TPSA) is 41.6 Å². The van der Waals surface area contributed by atoms with Crippen molar-refractivity contribution in [2.45, 2.75) is 13.0 Å². The first-order chi connectivity index (χ1) is 10.3. The molecule has 1 N–H and O–H groups in total. The van der Waals surface area contributed by atoms with Gasteiger partial charge in [-0.15, -0.1) is 11.3 Å². The maximum absolute atomic E-state index is 11.9. The molecule has 0 fully saturated rings. The van der Waals surface area contributed by atoms with Gasteiger partial charge in [-0.25, -0.2) is 4.79 Å². The summed E-state index contributed by atoms with van der Waals surface area (Å²) in [7, 11) is 1.80. The number of ether oxygens (including phenoxy) is 1. The van der Waals surface area contributed by atoms with Gasteiger partial charge in [-0.1, -0.05) is 24.3 Å². The Bertz CT molecular complexity index is 528. The van der Waals surface area contributed by atoms with Crippen molar-refractivity contribution in [1.29, 1.82) is 0 Å². The lowest BCUT2D eigenvalue weighted by molar-refractivity contribution is 0.203. The Morgan fingerprint density at radius 2 is 2.05 bits per heavy atom. The number of carbonyl (C=O) groups is 1. The number of hydrogen-bond acceptors (Lipinski definition) is 3. The van der Waals surface area contributed by atoms with E-state index in [4.69, 9.17) is 4.74 Å². The van der Waals surface area contributed by atoms with Crippen LogP contribution in [0.4, 0.5) is 4.79 Å². The maximum Gasteiger partial charge on any atom is 0.317 e. The van der Waals surface area contributed by atoms with Gasteiger partial charge in [0, 0.05) is 18.5 Å². The first-order valence-corrected chi connectivity index (χ1v) is 7.83. The highest BCUT2D eigenvalue weighted by atomic mass is 32.1. The molecular weight excluding hydrogens is 284 g/mol. The monoisotopic (exact) mass is 304 g/mol. The second-order valence-electron chi connectivity index (χ2n) is 4.67. The molecule has 0 spiro atoms. The molecule has 2 aromatic rings. The zero-order valence-corrected chi connectivity index (χ0v) is 12.9. The molecule has 0 aliphatic rings. The predicted molar refractivity (Wildman–Crippen MR) is 85.7 cm³/mol. The number of nitrogens with zero attached hydrogens (tertiary/aromatic N) is 1. The fraction of sp³-hybridized carbons (Fsp3) is 0.312. The number of para-hydroxylation sites is 1. The normalized spacial score (nSPS) is 10.1. The van der Waals surface area contributed by atoms with E-state index in [1.165, 1.54) is 0 Å². The van der Waals surface area contributed by atoms with Crippen molar-refractivity contribution in [2.24, 2.45) is 0 Å². The fourth-order valence-electron chi connectivity index (χ4n) is 1.82. The van der Waals surface area contributed by atoms with Crippen LogP contribution in [0.15, 0.2) is 47.8 Å². The van der Waals surface area contributed by atoms with Gasteiger partial charge in [0.05, 0.1) is 13.2 Å². The highest BCUT2D eigenvalue weighted by molar-refractivity contribution is 7.09. The van der Waals surface area contributed by atoms with Gasteiger partial charge in [0.15, 0.2) is 0 Å². The molecule has 1 aromatic carbocycles. The minimum Gasteiger partial charge on any atom is -0.494 e. The van der Waals surface area contributed by atoms with E-state index in [2.05, 4.69) is 5.32 Å². The Labute approximate surface area is 129 Å². The lowest BCUT2D eigenvalue weighted by Crippen LogP contribution is -2.37. The molecule has 21 heavy (non-hydrogen) atoms. The van der Waals surface area contributed by atoms with E-state index in [0.717, 1.165) is 17.0 Å². The van der Waals surface area contributed by atoms with Gasteiger partial charge in [0.1, 0.15) is 5.75 Å². The molecule has 0 saturated heterocycles. The van der Waals surface area contributed by atoms with E-state index in [1.807, 2.05) is 47.8 Å². The number of amides is 2. The number of benzene rings is 1. The zero-order chi connectivity index (χ0) is 14.9. The van der Waals surface area contributed by atoms with Crippen LogP contribution in [0, 0.1) is 0 Å². The van der Waals surface area contributed by atoms with Crippen LogP contribution in [-0.2, 0) is 6.54 Å². The van der Waals surface area contributed by atoms with Gasteiger partial charge >= 0.3 is 6.03 Å². The van der Waals surface area contributed by atoms with Crippen LogP contribution in [0.1, 0.15) is 11.3 Å². The van der Waals surface area contributed by atoms with Crippen molar-refractivity contribution in [3.05, 3.63) is 52.7 Å². The fourth-order valence-corrected chi connectivity index (χ4v) is 2.47. The summed E-state index contributed by atoms with van der Waals surface area (Å²) in [5.74, 6) is 0.863. The average Bonchev–Trinajstić information content (AvgIpc) is 3.03. The summed E-state index contributed by atoms with van der Waals surface area (Å²) in [4.78, 5) is 14.7. The summed E-state index contributed by atoms with van der Waals surface area (Å²) in [6, 6.07) is 13.6. The Kier molecular flexibility index (Phi) is 6.09. The third kappa shape index (κ3) is 5.47. The van der Waals surface area contributed by atoms with Crippen molar-refractivity contribution in [2.75, 3.05) is 20.2 Å². The van der Waals surface area contributed by atoms with E-state index < -0.39 is 0 Å². The summed E-state index contributed by atoms with van der Waals surface area (Å²) in [6.45, 7) is 1.86. The summed E-state index contributed by atoms with van der Waals surface area (Å²) < 4.78 is 5.60. The number of hydrogen-bond donors (Lipinski definition) is 1. The molecule has 4 nitrogen and oxygen atoms in total. The van der Waals surface area contributed by atoms with Crippen LogP contribution >= 0.6 is 11.3 Å². The molecule has 0 radical (unpaired) electrons. The highest BCUT2D eigenvalue weighted by Gasteiger charge is 2.07. The Hall–Kier alpha value is -2.01. The Morgan fingerprint density at radius 1 is 1.24 bits per heavy atom. The van der Waals surface area contributed by atoms with E-state index in [0.29, 0.717) is 19.7 Å². The summed E-state index contributed by atoms with van der Waals surface area (Å²) >= 11 is 1.64. The molecule has 1 heterocycles. The predicted octanol–water partition coefficient (Wildman–Crippen LogP) is 3.36. The molecule has 2 amide bonds. The molecule has 0 atom stereocenters. The van der Waals surface area contributed by atoms with Gasteiger partial charge < -0.3 is 15.0 Å². The van der Waals surface area contributed by atoms with Crippen molar-refractivity contribution >= 4 is 17.4 Å². The van der Waals surface area contributed by atoms with Crippen LogP contribution in [0.25, 0.3) is 0 Å². The van der Waals surface area contributed by atoms with Crippen LogP contribution in [0.5, 0.6) is 5.75 Å². The first kappa shape index (κ1) is 15.4. The van der Waals surface area contributed by atoms with Crippen molar-refractivity contribution in [1.82, 2.24) is 10.2 Å². The molecule has 0 unspecified atom stereocenters. The zero-order valence-electron chi connectivity index (χ0n) is 12.1. The number of rotatable bonds is 7. The Morgan fingerprint density at radius 3 is 2.76 bits per heavy atom. The summed E-state index contributed by atoms with van der Waals surface area (Å²) in [5, 5.41) is 4.91. The number of urea groups is 1. The quantitative estimate of drug-likeness (QED) is 0.797. The standard InChI is InChI=1S/C16H20N2O2S/c1-18(16(19)17-13-15-9-5-12-21-15)10-6-11-20-14-7-3-2-4-8-14/h2-5,7-9,12H,6,10-11,13H2,1H3,(H,17,19). The summed E-state index contributed by atoms with van der Waals surface area (Å²) in [6.07, 6.45) is 0.803. The minimum atomic E-state index is -0.0527. The molecule has 1 aromatic heterocycles. The van der Waals surface area contributed by atoms with Gasteiger partial charge in [-0.3, -0.25) is 0 Å². The van der Waals surface area contributed by atoms with Gasteiger partial charge in [-0.2, -0.15) is 0 Å². The molecule has 2 rings (SSSR count). The largest absolute Gasteiger partial charge is 0.494 e.